The summed E-state index contributed by atoms with van der Waals surface area (Å²) in [6.45, 7) is 10.3. The van der Waals surface area contributed by atoms with Crippen molar-refractivity contribution in [3.8, 4) is 0 Å². The molecule has 3 N–H and O–H groups in total. The van der Waals surface area contributed by atoms with Crippen molar-refractivity contribution < 1.29 is 67.9 Å². The number of aliphatic hydroxyl groups excluding tert-OH is 3. The van der Waals surface area contributed by atoms with Crippen LogP contribution >= 0.6 is 0 Å². The van der Waals surface area contributed by atoms with Gasteiger partial charge >= 0.3 is 51.8 Å². The second-order valence-corrected chi connectivity index (χ2v) is 8.82. The van der Waals surface area contributed by atoms with Crippen molar-refractivity contribution in [2.24, 2.45) is 0 Å². The van der Waals surface area contributed by atoms with Gasteiger partial charge in [-0.15, -0.1) is 0 Å². The summed E-state index contributed by atoms with van der Waals surface area (Å²) in [5.41, 5.74) is 0. The normalized spacial score (nSPS) is 10.1. The summed E-state index contributed by atoms with van der Waals surface area (Å²) in [6.07, 6.45) is -0.500. The molecule has 163 valence electrons. The summed E-state index contributed by atoms with van der Waals surface area (Å²) in [6, 6.07) is 10.0. The summed E-state index contributed by atoms with van der Waals surface area (Å²) in [5.74, 6) is 0. The van der Waals surface area contributed by atoms with E-state index in [-0.39, 0.29) is 44.5 Å². The van der Waals surface area contributed by atoms with Crippen LogP contribution in [-0.4, -0.2) is 59.1 Å². The Morgan fingerprint density at radius 2 is 0.852 bits per heavy atom. The molecule has 0 aromatic heterocycles. The first-order chi connectivity index (χ1) is 11.4. The van der Waals surface area contributed by atoms with E-state index in [4.69, 9.17) is 15.3 Å². The molecular weight excluding hydrogens is 518 g/mol. The number of alkyl halides is 6. The smallest absolute Gasteiger partial charge is 0 e. The SMILES string of the molecule is CC(C)O.CC(C)O.CC(C)O.F[C](F)(F)[GeH][C](F)(F)F.[Zr].c1cc[cH-]c1. The van der Waals surface area contributed by atoms with E-state index in [2.05, 4.69) is 0 Å². The van der Waals surface area contributed by atoms with Crippen molar-refractivity contribution in [3.05, 3.63) is 30.3 Å². The van der Waals surface area contributed by atoms with Crippen molar-refractivity contribution in [1.29, 1.82) is 0 Å². The minimum Gasteiger partial charge on any atom is -0.214 e. The second-order valence-electron chi connectivity index (χ2n) is 5.47. The van der Waals surface area contributed by atoms with Crippen molar-refractivity contribution >= 4 is 15.4 Å². The molecule has 0 amide bonds. The number of hydrogen-bond donors (Lipinski definition) is 3. The van der Waals surface area contributed by atoms with Gasteiger partial charge in [-0.2, -0.15) is 18.2 Å². The molecule has 0 bridgehead atoms. The summed E-state index contributed by atoms with van der Waals surface area (Å²) >= 11 is -4.06. The molecule has 0 aliphatic rings. The first kappa shape index (κ1) is 37.9. The van der Waals surface area contributed by atoms with Crippen LogP contribution in [0.3, 0.4) is 0 Å². The zero-order chi connectivity index (χ0) is 22.0. The fourth-order valence-electron chi connectivity index (χ4n) is 0.506. The fraction of sp³-hybridized carbons (Fsp3) is 0.688. The molecule has 0 saturated carbocycles. The Hall–Kier alpha value is 0.236. The van der Waals surface area contributed by atoms with E-state index in [9.17, 15) is 26.3 Å². The van der Waals surface area contributed by atoms with Gasteiger partial charge < -0.3 is 15.3 Å². The van der Waals surface area contributed by atoms with Crippen LogP contribution in [0.4, 0.5) is 26.3 Å². The van der Waals surface area contributed by atoms with Crippen LogP contribution in [-0.2, 0) is 26.2 Å². The van der Waals surface area contributed by atoms with Gasteiger partial charge in [-0.05, 0) is 41.5 Å². The molecule has 0 atom stereocenters. The molecule has 11 heteroatoms. The zero-order valence-electron chi connectivity index (χ0n) is 16.3. The molecule has 0 saturated heterocycles. The van der Waals surface area contributed by atoms with Gasteiger partial charge in [-0.1, -0.05) is 0 Å². The van der Waals surface area contributed by atoms with Gasteiger partial charge in [0.25, 0.3) is 0 Å². The third-order valence-corrected chi connectivity index (χ3v) is 2.26. The molecule has 27 heavy (non-hydrogen) atoms. The van der Waals surface area contributed by atoms with E-state index >= 15 is 0 Å². The maximum Gasteiger partial charge on any atom is 0 e. The quantitative estimate of drug-likeness (QED) is 0.261. The zero-order valence-corrected chi connectivity index (χ0v) is 21.2. The Balaban J connectivity index is -0.0000000780. The van der Waals surface area contributed by atoms with Crippen molar-refractivity contribution in [3.63, 3.8) is 0 Å². The molecule has 1 rings (SSSR count). The van der Waals surface area contributed by atoms with Gasteiger partial charge in [0.15, 0.2) is 0 Å². The molecule has 0 aliphatic carbocycles. The predicted molar refractivity (Wildman–Crippen MR) is 93.4 cm³/mol. The largest absolute Gasteiger partial charge is 0.214 e. The topological polar surface area (TPSA) is 60.7 Å². The van der Waals surface area contributed by atoms with E-state index in [1.54, 1.807) is 41.5 Å². The van der Waals surface area contributed by atoms with E-state index in [0.717, 1.165) is 0 Å². The molecule has 3 nitrogen and oxygen atoms in total. The first-order valence-corrected chi connectivity index (χ1v) is 10.0. The molecule has 0 spiro atoms. The molecule has 1 aromatic carbocycles. The molecule has 0 unspecified atom stereocenters. The van der Waals surface area contributed by atoms with Crippen LogP contribution in [0.2, 0.25) is 0 Å². The standard InChI is InChI=1S/C5H5.3C3H8O.C2HF6Ge.Zr/c1-2-4-5-3-1;3*1-3(2)4;3-1(4,5)9-2(6,7)8;/h1-5H;3*3-4H,1-2H3;9H;/q-1;;;;;. The monoisotopic (exact) mass is 548 g/mol. The van der Waals surface area contributed by atoms with Crippen LogP contribution in [0.25, 0.3) is 0 Å². The van der Waals surface area contributed by atoms with Crippen molar-refractivity contribution in [2.45, 2.75) is 69.9 Å². The molecule has 0 fully saturated rings. The number of rotatable bonds is 0. The second kappa shape index (κ2) is 22.5. The van der Waals surface area contributed by atoms with E-state index in [0.29, 0.717) is 0 Å². The van der Waals surface area contributed by atoms with Gasteiger partial charge in [0, 0.05) is 44.5 Å². The molecule has 0 aliphatic heterocycles. The Labute approximate surface area is 183 Å². The van der Waals surface area contributed by atoms with Gasteiger partial charge in [0.05, 0.1) is 0 Å². The van der Waals surface area contributed by atoms with E-state index in [1.807, 2.05) is 30.3 Å². The van der Waals surface area contributed by atoms with Crippen LogP contribution < -0.4 is 0 Å². The molecule has 1 aromatic rings. The Morgan fingerprint density at radius 3 is 0.889 bits per heavy atom. The molecule has 1 radical (unpaired) electrons. The van der Waals surface area contributed by atoms with Crippen LogP contribution in [0.15, 0.2) is 30.3 Å². The fourth-order valence-corrected chi connectivity index (χ4v) is 1.29. The summed E-state index contributed by atoms with van der Waals surface area (Å²) < 4.78 is 65.4. The van der Waals surface area contributed by atoms with E-state index < -0.39 is 25.4 Å². The average Bonchev–Trinajstić information content (AvgIpc) is 2.77. The third kappa shape index (κ3) is 122. The summed E-state index contributed by atoms with van der Waals surface area (Å²) in [4.78, 5) is 0. The van der Waals surface area contributed by atoms with Crippen LogP contribution in [0.5, 0.6) is 0 Å². The van der Waals surface area contributed by atoms with Gasteiger partial charge in [-0.3, -0.25) is 0 Å². The average molecular weight is 548 g/mol. The van der Waals surface area contributed by atoms with Gasteiger partial charge in [-0.25, -0.2) is 12.1 Å². The molecular formula is C16H30F6GeO3Zr-. The van der Waals surface area contributed by atoms with Crippen LogP contribution in [0.1, 0.15) is 41.5 Å². The maximum absolute atomic E-state index is 10.9. The minimum atomic E-state index is -4.98. The third-order valence-electron chi connectivity index (χ3n) is 0.883. The van der Waals surface area contributed by atoms with E-state index in [1.165, 1.54) is 0 Å². The number of halogens is 6. The minimum absolute atomic E-state index is 0. The predicted octanol–water partition coefficient (Wildman–Crippen LogP) is 4.03. The molecule has 0 heterocycles. The van der Waals surface area contributed by atoms with Gasteiger partial charge in [0.2, 0.25) is 0 Å². The van der Waals surface area contributed by atoms with Crippen molar-refractivity contribution in [1.82, 2.24) is 0 Å². The van der Waals surface area contributed by atoms with Gasteiger partial charge in [0.1, 0.15) is 0 Å². The number of hydrogen-bond acceptors (Lipinski definition) is 3. The van der Waals surface area contributed by atoms with Crippen LogP contribution in [0, 0.1) is 0 Å². The Bertz CT molecular complexity index is 304. The summed E-state index contributed by atoms with van der Waals surface area (Å²) in [5, 5.41) is 14.2. The number of aliphatic hydroxyl groups is 3. The Kier molecular flexibility index (Phi) is 31.6. The maximum atomic E-state index is 10.9. The summed E-state index contributed by atoms with van der Waals surface area (Å²) in [7, 11) is 0. The van der Waals surface area contributed by atoms with Crippen molar-refractivity contribution in [2.75, 3.05) is 0 Å². The Morgan fingerprint density at radius 1 is 0.667 bits per heavy atom. The first-order valence-electron chi connectivity index (χ1n) is 7.62.